The Hall–Kier alpha value is -2.37. The molecule has 2 heterocycles. The van der Waals surface area contributed by atoms with E-state index in [2.05, 4.69) is 22.9 Å². The first-order valence-electron chi connectivity index (χ1n) is 10.2. The molecule has 1 aliphatic carbocycles. The number of benzene rings is 1. The number of rotatable bonds is 6. The van der Waals surface area contributed by atoms with Crippen LogP contribution in [0.25, 0.3) is 11.0 Å². The van der Waals surface area contributed by atoms with Crippen LogP contribution in [0, 0.1) is 5.92 Å². The second-order valence-electron chi connectivity index (χ2n) is 7.69. The molecule has 0 radical (unpaired) electrons. The molecule has 1 aromatic heterocycles. The molecule has 1 aromatic carbocycles. The van der Waals surface area contributed by atoms with E-state index in [1.807, 2.05) is 23.1 Å². The predicted molar refractivity (Wildman–Crippen MR) is 104 cm³/mol. The molecule has 2 aromatic rings. The summed E-state index contributed by atoms with van der Waals surface area (Å²) in [5.41, 5.74) is 2.13. The van der Waals surface area contributed by atoms with Crippen LogP contribution in [0.15, 0.2) is 24.3 Å². The summed E-state index contributed by atoms with van der Waals surface area (Å²) in [6.07, 6.45) is 5.63. The summed E-state index contributed by atoms with van der Waals surface area (Å²) in [7, 11) is 0. The minimum Gasteiger partial charge on any atom is -0.355 e. The van der Waals surface area contributed by atoms with Gasteiger partial charge < -0.3 is 14.8 Å². The highest BCUT2D eigenvalue weighted by atomic mass is 16.2. The van der Waals surface area contributed by atoms with Crippen molar-refractivity contribution in [3.8, 4) is 0 Å². The average Bonchev–Trinajstić information content (AvgIpc) is 3.39. The van der Waals surface area contributed by atoms with Gasteiger partial charge in [-0.3, -0.25) is 9.59 Å². The number of nitrogens with zero attached hydrogens (tertiary/aromatic N) is 3. The van der Waals surface area contributed by atoms with Crippen molar-refractivity contribution in [3.63, 3.8) is 0 Å². The zero-order chi connectivity index (χ0) is 18.8. The van der Waals surface area contributed by atoms with Gasteiger partial charge in [-0.15, -0.1) is 0 Å². The van der Waals surface area contributed by atoms with E-state index >= 15 is 0 Å². The molecule has 0 bridgehead atoms. The number of imidazole rings is 1. The number of amides is 2. The maximum Gasteiger partial charge on any atom is 0.225 e. The second kappa shape index (κ2) is 7.71. The zero-order valence-corrected chi connectivity index (χ0v) is 16.0. The molecule has 0 unspecified atom stereocenters. The fraction of sp³-hybridized carbons (Fsp3) is 0.571. The number of nitrogens with one attached hydrogen (secondary N) is 1. The van der Waals surface area contributed by atoms with Crippen LogP contribution in [0.5, 0.6) is 0 Å². The highest BCUT2D eigenvalue weighted by Gasteiger charge is 2.38. The van der Waals surface area contributed by atoms with Crippen molar-refractivity contribution in [2.75, 3.05) is 13.1 Å². The van der Waals surface area contributed by atoms with Gasteiger partial charge in [-0.25, -0.2) is 4.98 Å². The number of hydrogen-bond acceptors (Lipinski definition) is 3. The SMILES string of the molecule is CCn1c(CCNC(=O)[C@H]2CC(=O)N(C3CCCC3)C2)nc2ccccc21. The molecule has 144 valence electrons. The maximum atomic E-state index is 12.6. The van der Waals surface area contributed by atoms with Gasteiger partial charge in [-0.1, -0.05) is 25.0 Å². The van der Waals surface area contributed by atoms with Gasteiger partial charge in [-0.05, 0) is 31.9 Å². The van der Waals surface area contributed by atoms with Crippen molar-refractivity contribution >= 4 is 22.8 Å². The molecule has 6 nitrogen and oxygen atoms in total. The molecule has 0 spiro atoms. The number of carbonyl (C=O) groups excluding carboxylic acids is 2. The van der Waals surface area contributed by atoms with Gasteiger partial charge in [0.15, 0.2) is 0 Å². The second-order valence-corrected chi connectivity index (χ2v) is 7.69. The lowest BCUT2D eigenvalue weighted by atomic mass is 10.1. The van der Waals surface area contributed by atoms with E-state index in [9.17, 15) is 9.59 Å². The molecule has 1 saturated carbocycles. The van der Waals surface area contributed by atoms with Crippen molar-refractivity contribution in [2.45, 2.75) is 58.0 Å². The smallest absolute Gasteiger partial charge is 0.225 e. The highest BCUT2D eigenvalue weighted by Crippen LogP contribution is 2.29. The Bertz CT molecular complexity index is 838. The van der Waals surface area contributed by atoms with E-state index in [0.717, 1.165) is 36.2 Å². The minimum absolute atomic E-state index is 0.00278. The van der Waals surface area contributed by atoms with E-state index < -0.39 is 0 Å². The summed E-state index contributed by atoms with van der Waals surface area (Å²) in [6, 6.07) is 8.48. The van der Waals surface area contributed by atoms with Crippen molar-refractivity contribution in [1.82, 2.24) is 19.8 Å². The van der Waals surface area contributed by atoms with Crippen LogP contribution < -0.4 is 5.32 Å². The van der Waals surface area contributed by atoms with Crippen LogP contribution in [0.4, 0.5) is 0 Å². The Morgan fingerprint density at radius 3 is 2.81 bits per heavy atom. The maximum absolute atomic E-state index is 12.6. The molecule has 1 N–H and O–H groups in total. The Morgan fingerprint density at radius 2 is 2.04 bits per heavy atom. The number of para-hydroxylation sites is 2. The summed E-state index contributed by atoms with van der Waals surface area (Å²) in [4.78, 5) is 31.5. The number of carbonyl (C=O) groups is 2. The third-order valence-electron chi connectivity index (χ3n) is 5.99. The summed E-state index contributed by atoms with van der Waals surface area (Å²) in [6.45, 7) is 4.11. The van der Waals surface area contributed by atoms with Gasteiger partial charge in [-0.2, -0.15) is 0 Å². The molecule has 1 atom stereocenters. The summed E-state index contributed by atoms with van der Waals surface area (Å²) in [5.74, 6) is 0.940. The molecule has 2 aliphatic rings. The quantitative estimate of drug-likeness (QED) is 0.852. The fourth-order valence-electron chi connectivity index (χ4n) is 4.59. The average molecular weight is 368 g/mol. The van der Waals surface area contributed by atoms with Gasteiger partial charge in [0.2, 0.25) is 11.8 Å². The Labute approximate surface area is 159 Å². The zero-order valence-electron chi connectivity index (χ0n) is 16.0. The highest BCUT2D eigenvalue weighted by molar-refractivity contribution is 5.89. The molecule has 2 amide bonds. The number of likely N-dealkylation sites (tertiary alicyclic amines) is 1. The van der Waals surface area contributed by atoms with Gasteiger partial charge in [0.1, 0.15) is 5.82 Å². The van der Waals surface area contributed by atoms with Gasteiger partial charge in [0.05, 0.1) is 17.0 Å². The normalized spacial score (nSPS) is 20.7. The predicted octanol–water partition coefficient (Wildman–Crippen LogP) is 2.51. The van der Waals surface area contributed by atoms with E-state index in [1.54, 1.807) is 0 Å². The van der Waals surface area contributed by atoms with Gasteiger partial charge in [0.25, 0.3) is 0 Å². The molecule has 4 rings (SSSR count). The molecular formula is C21H28N4O2. The first-order valence-corrected chi connectivity index (χ1v) is 10.2. The van der Waals surface area contributed by atoms with Crippen molar-refractivity contribution in [3.05, 3.63) is 30.1 Å². The fourth-order valence-corrected chi connectivity index (χ4v) is 4.59. The van der Waals surface area contributed by atoms with Crippen LogP contribution in [-0.2, 0) is 22.6 Å². The summed E-state index contributed by atoms with van der Waals surface area (Å²) < 4.78 is 2.20. The van der Waals surface area contributed by atoms with E-state index in [1.165, 1.54) is 12.8 Å². The third kappa shape index (κ3) is 3.57. The largest absolute Gasteiger partial charge is 0.355 e. The van der Waals surface area contributed by atoms with Crippen molar-refractivity contribution in [2.24, 2.45) is 5.92 Å². The Kier molecular flexibility index (Phi) is 5.14. The number of hydrogen-bond donors (Lipinski definition) is 1. The topological polar surface area (TPSA) is 67.2 Å². The van der Waals surface area contributed by atoms with Crippen LogP contribution in [-0.4, -0.2) is 45.4 Å². The van der Waals surface area contributed by atoms with Gasteiger partial charge >= 0.3 is 0 Å². The number of aromatic nitrogens is 2. The minimum atomic E-state index is -0.205. The number of fused-ring (bicyclic) bond motifs is 1. The van der Waals surface area contributed by atoms with E-state index in [0.29, 0.717) is 32.0 Å². The van der Waals surface area contributed by atoms with Crippen LogP contribution >= 0.6 is 0 Å². The van der Waals surface area contributed by atoms with Crippen LogP contribution in [0.2, 0.25) is 0 Å². The van der Waals surface area contributed by atoms with E-state index in [-0.39, 0.29) is 17.7 Å². The van der Waals surface area contributed by atoms with Crippen molar-refractivity contribution in [1.29, 1.82) is 0 Å². The first kappa shape index (κ1) is 18.0. The van der Waals surface area contributed by atoms with Crippen LogP contribution in [0.3, 0.4) is 0 Å². The monoisotopic (exact) mass is 368 g/mol. The molecule has 2 fully saturated rings. The number of aryl methyl sites for hydroxylation is 1. The first-order chi connectivity index (χ1) is 13.2. The molecule has 1 aliphatic heterocycles. The van der Waals surface area contributed by atoms with Crippen LogP contribution in [0.1, 0.15) is 44.9 Å². The van der Waals surface area contributed by atoms with Gasteiger partial charge in [0, 0.05) is 38.5 Å². The van der Waals surface area contributed by atoms with Crippen molar-refractivity contribution < 1.29 is 9.59 Å². The molecular weight excluding hydrogens is 340 g/mol. The third-order valence-corrected chi connectivity index (χ3v) is 5.99. The lowest BCUT2D eigenvalue weighted by Crippen LogP contribution is -2.37. The molecule has 1 saturated heterocycles. The summed E-state index contributed by atoms with van der Waals surface area (Å²) >= 11 is 0. The molecule has 27 heavy (non-hydrogen) atoms. The van der Waals surface area contributed by atoms with E-state index in [4.69, 9.17) is 4.98 Å². The molecule has 6 heteroatoms. The lowest BCUT2D eigenvalue weighted by Gasteiger charge is -2.23. The Balaban J connectivity index is 1.33. The Morgan fingerprint density at radius 1 is 1.26 bits per heavy atom. The summed E-state index contributed by atoms with van der Waals surface area (Å²) in [5, 5.41) is 3.03. The lowest BCUT2D eigenvalue weighted by molar-refractivity contribution is -0.130. The standard InChI is InChI=1S/C21H28N4O2/c1-2-24-18-10-6-5-9-17(18)23-19(24)11-12-22-21(27)15-13-20(26)25(14-15)16-7-3-4-8-16/h5-6,9-10,15-16H,2-4,7-8,11-14H2,1H3,(H,22,27)/t15-/m0/s1.